The molecule has 1 atom stereocenters. The van der Waals surface area contributed by atoms with Crippen molar-refractivity contribution in [1.29, 1.82) is 0 Å². The number of halogens is 1. The van der Waals surface area contributed by atoms with Gasteiger partial charge < -0.3 is 5.11 Å². The summed E-state index contributed by atoms with van der Waals surface area (Å²) < 4.78 is 0. The first kappa shape index (κ1) is 21.3. The Hall–Kier alpha value is -3.97. The van der Waals surface area contributed by atoms with Gasteiger partial charge in [0, 0.05) is 28.4 Å². The predicted octanol–water partition coefficient (Wildman–Crippen LogP) is 5.18. The van der Waals surface area contributed by atoms with E-state index in [1.807, 2.05) is 19.1 Å². The number of aryl methyl sites for hydroxylation is 1. The van der Waals surface area contributed by atoms with Gasteiger partial charge in [-0.25, -0.2) is 0 Å². The molecular formula is C24H17ClN2O5. The average molecular weight is 449 g/mol. The van der Waals surface area contributed by atoms with Gasteiger partial charge in [-0.2, -0.15) is 0 Å². The van der Waals surface area contributed by atoms with Crippen molar-refractivity contribution in [1.82, 2.24) is 0 Å². The fourth-order valence-electron chi connectivity index (χ4n) is 3.78. The summed E-state index contributed by atoms with van der Waals surface area (Å²) in [6.07, 6.45) is 0. The van der Waals surface area contributed by atoms with Crippen LogP contribution < -0.4 is 4.90 Å². The number of aliphatic hydroxyl groups excluding tert-OH is 1. The number of nitro benzene ring substituents is 1. The minimum Gasteiger partial charge on any atom is -0.507 e. The lowest BCUT2D eigenvalue weighted by atomic mass is 9.94. The van der Waals surface area contributed by atoms with Gasteiger partial charge >= 0.3 is 0 Å². The second-order valence-corrected chi connectivity index (χ2v) is 7.80. The zero-order chi connectivity index (χ0) is 23.0. The van der Waals surface area contributed by atoms with E-state index >= 15 is 0 Å². The maximum atomic E-state index is 13.1. The third-order valence-electron chi connectivity index (χ3n) is 5.24. The van der Waals surface area contributed by atoms with Crippen molar-refractivity contribution in [3.63, 3.8) is 0 Å². The number of carbonyl (C=O) groups excluding carboxylic acids is 2. The number of aliphatic hydroxyl groups is 1. The Morgan fingerprint density at radius 2 is 1.72 bits per heavy atom. The molecular weight excluding hydrogens is 432 g/mol. The Morgan fingerprint density at radius 3 is 2.34 bits per heavy atom. The zero-order valence-corrected chi connectivity index (χ0v) is 17.6. The normalized spacial score (nSPS) is 17.6. The molecule has 0 spiro atoms. The van der Waals surface area contributed by atoms with E-state index in [0.29, 0.717) is 16.3 Å². The van der Waals surface area contributed by atoms with Crippen LogP contribution in [0.4, 0.5) is 11.4 Å². The Balaban J connectivity index is 1.93. The van der Waals surface area contributed by atoms with Crippen LogP contribution >= 0.6 is 11.6 Å². The standard InChI is InChI=1S/C24H17ClN2O5/c1-14-4-2-5-16(12-14)21-20(22(28)15-8-10-18(11-9-15)27(31)32)23(29)24(30)26(21)19-7-3-6-17(25)13-19/h2-13,21,28H,1H3/b22-20+. The van der Waals surface area contributed by atoms with E-state index in [0.717, 1.165) is 5.56 Å². The van der Waals surface area contributed by atoms with Crippen LogP contribution in [0.15, 0.2) is 78.4 Å². The highest BCUT2D eigenvalue weighted by Crippen LogP contribution is 2.42. The number of nitro groups is 1. The molecule has 1 amide bonds. The van der Waals surface area contributed by atoms with Crippen LogP contribution in [0.2, 0.25) is 5.02 Å². The number of anilines is 1. The lowest BCUT2D eigenvalue weighted by Crippen LogP contribution is -2.29. The van der Waals surface area contributed by atoms with Gasteiger partial charge in [0.15, 0.2) is 0 Å². The fraction of sp³-hybridized carbons (Fsp3) is 0.0833. The average Bonchev–Trinajstić information content (AvgIpc) is 3.04. The molecule has 1 N–H and O–H groups in total. The Kier molecular flexibility index (Phi) is 5.50. The van der Waals surface area contributed by atoms with Crippen LogP contribution in [0.1, 0.15) is 22.7 Å². The molecule has 3 aromatic rings. The number of carbonyl (C=O) groups is 2. The molecule has 4 rings (SSSR count). The number of benzene rings is 3. The number of nitrogens with zero attached hydrogens (tertiary/aromatic N) is 2. The Bertz CT molecular complexity index is 1280. The van der Waals surface area contributed by atoms with E-state index < -0.39 is 28.4 Å². The molecule has 7 nitrogen and oxygen atoms in total. The number of ketones is 1. The molecule has 1 aliphatic rings. The minimum atomic E-state index is -0.899. The van der Waals surface area contributed by atoms with Crippen LogP contribution in [-0.4, -0.2) is 21.7 Å². The molecule has 1 unspecified atom stereocenters. The highest BCUT2D eigenvalue weighted by atomic mass is 35.5. The van der Waals surface area contributed by atoms with Gasteiger partial charge in [0.1, 0.15) is 5.76 Å². The van der Waals surface area contributed by atoms with Crippen molar-refractivity contribution in [2.24, 2.45) is 0 Å². The summed E-state index contributed by atoms with van der Waals surface area (Å²) in [5.41, 5.74) is 1.89. The third kappa shape index (κ3) is 3.74. The van der Waals surface area contributed by atoms with Gasteiger partial charge in [0.25, 0.3) is 17.4 Å². The van der Waals surface area contributed by atoms with Gasteiger partial charge in [-0.3, -0.25) is 24.6 Å². The summed E-state index contributed by atoms with van der Waals surface area (Å²) >= 11 is 6.12. The molecule has 1 saturated heterocycles. The molecule has 3 aromatic carbocycles. The summed E-state index contributed by atoms with van der Waals surface area (Å²) in [5.74, 6) is -2.07. The summed E-state index contributed by atoms with van der Waals surface area (Å²) in [7, 11) is 0. The lowest BCUT2D eigenvalue weighted by Gasteiger charge is -2.25. The van der Waals surface area contributed by atoms with Crippen LogP contribution in [0, 0.1) is 17.0 Å². The minimum absolute atomic E-state index is 0.102. The molecule has 0 bridgehead atoms. The highest BCUT2D eigenvalue weighted by Gasteiger charge is 2.47. The van der Waals surface area contributed by atoms with E-state index in [2.05, 4.69) is 0 Å². The first-order valence-corrected chi connectivity index (χ1v) is 10.0. The fourth-order valence-corrected chi connectivity index (χ4v) is 3.96. The summed E-state index contributed by atoms with van der Waals surface area (Å²) in [6, 6.07) is 18.1. The number of hydrogen-bond donors (Lipinski definition) is 1. The van der Waals surface area contributed by atoms with Gasteiger partial charge in [-0.15, -0.1) is 0 Å². The SMILES string of the molecule is Cc1cccc(C2/C(=C(\O)c3ccc([N+](=O)[O-])cc3)C(=O)C(=O)N2c2cccc(Cl)c2)c1. The van der Waals surface area contributed by atoms with Crippen molar-refractivity contribution in [2.45, 2.75) is 13.0 Å². The maximum Gasteiger partial charge on any atom is 0.300 e. The molecule has 0 aromatic heterocycles. The number of rotatable bonds is 4. The first-order valence-electron chi connectivity index (χ1n) is 9.66. The summed E-state index contributed by atoms with van der Waals surface area (Å²) in [6.45, 7) is 1.88. The van der Waals surface area contributed by atoms with E-state index in [4.69, 9.17) is 11.6 Å². The third-order valence-corrected chi connectivity index (χ3v) is 5.48. The molecule has 32 heavy (non-hydrogen) atoms. The molecule has 0 aliphatic carbocycles. The second-order valence-electron chi connectivity index (χ2n) is 7.37. The van der Waals surface area contributed by atoms with Crippen molar-refractivity contribution < 1.29 is 19.6 Å². The van der Waals surface area contributed by atoms with Gasteiger partial charge in [-0.1, -0.05) is 47.5 Å². The molecule has 8 heteroatoms. The molecule has 0 radical (unpaired) electrons. The quantitative estimate of drug-likeness (QED) is 0.195. The molecule has 0 saturated carbocycles. The monoisotopic (exact) mass is 448 g/mol. The summed E-state index contributed by atoms with van der Waals surface area (Å²) in [4.78, 5) is 37.8. The number of amides is 1. The second kappa shape index (κ2) is 8.28. The lowest BCUT2D eigenvalue weighted by molar-refractivity contribution is -0.384. The van der Waals surface area contributed by atoms with Crippen molar-refractivity contribution in [3.05, 3.63) is 110 Å². The smallest absolute Gasteiger partial charge is 0.300 e. The van der Waals surface area contributed by atoms with E-state index in [1.54, 1.807) is 36.4 Å². The molecule has 1 heterocycles. The maximum absolute atomic E-state index is 13.1. The van der Waals surface area contributed by atoms with E-state index in [1.165, 1.54) is 29.2 Å². The van der Waals surface area contributed by atoms with Crippen LogP contribution in [0.25, 0.3) is 5.76 Å². The van der Waals surface area contributed by atoms with E-state index in [-0.39, 0.29) is 16.8 Å². The first-order chi connectivity index (χ1) is 15.3. The zero-order valence-electron chi connectivity index (χ0n) is 16.9. The number of non-ortho nitro benzene ring substituents is 1. The highest BCUT2D eigenvalue weighted by molar-refractivity contribution is 6.51. The van der Waals surface area contributed by atoms with Crippen LogP contribution in [-0.2, 0) is 9.59 Å². The topological polar surface area (TPSA) is 101 Å². The predicted molar refractivity (Wildman–Crippen MR) is 121 cm³/mol. The largest absolute Gasteiger partial charge is 0.507 e. The van der Waals surface area contributed by atoms with Crippen molar-refractivity contribution in [3.8, 4) is 0 Å². The van der Waals surface area contributed by atoms with Crippen LogP contribution in [0.3, 0.4) is 0 Å². The Labute approximate surface area is 188 Å². The van der Waals surface area contributed by atoms with Gasteiger partial charge in [-0.05, 0) is 42.8 Å². The summed E-state index contributed by atoms with van der Waals surface area (Å²) in [5, 5.41) is 22.4. The van der Waals surface area contributed by atoms with Gasteiger partial charge in [0.2, 0.25) is 0 Å². The van der Waals surface area contributed by atoms with Crippen molar-refractivity contribution in [2.75, 3.05) is 4.90 Å². The van der Waals surface area contributed by atoms with Crippen LogP contribution in [0.5, 0.6) is 0 Å². The van der Waals surface area contributed by atoms with E-state index in [9.17, 15) is 24.8 Å². The number of hydrogen-bond acceptors (Lipinski definition) is 5. The van der Waals surface area contributed by atoms with Gasteiger partial charge in [0.05, 0.1) is 16.5 Å². The number of Topliss-reactive ketones (excluding diaryl/α,β-unsaturated/α-hetero) is 1. The Morgan fingerprint density at radius 1 is 1.03 bits per heavy atom. The molecule has 160 valence electrons. The molecule has 1 aliphatic heterocycles. The molecule has 1 fully saturated rings. The van der Waals surface area contributed by atoms with Crippen molar-refractivity contribution >= 4 is 40.4 Å².